The average molecular weight is 248 g/mol. The molecular weight excluding hydrogens is 228 g/mol. The minimum absolute atomic E-state index is 0.347. The van der Waals surface area contributed by atoms with Gasteiger partial charge in [0, 0.05) is 18.2 Å². The van der Waals surface area contributed by atoms with Crippen LogP contribution in [0.2, 0.25) is 0 Å². The lowest BCUT2D eigenvalue weighted by Crippen LogP contribution is -2.29. The maximum Gasteiger partial charge on any atom is 0.231 e. The van der Waals surface area contributed by atoms with Gasteiger partial charge >= 0.3 is 0 Å². The molecule has 2 heterocycles. The van der Waals surface area contributed by atoms with Crippen molar-refractivity contribution in [2.45, 2.75) is 31.8 Å². The Kier molecular flexibility index (Phi) is 3.67. The summed E-state index contributed by atoms with van der Waals surface area (Å²) in [5.74, 6) is 1.79. The topological polar surface area (TPSA) is 42.5 Å². The van der Waals surface area contributed by atoms with Crippen LogP contribution in [0.1, 0.15) is 24.8 Å². The molecule has 1 fully saturated rings. The zero-order valence-electron chi connectivity index (χ0n) is 10.6. The van der Waals surface area contributed by atoms with Crippen LogP contribution in [0.4, 0.5) is 0 Å². The number of ether oxygens (including phenoxy) is 2. The third-order valence-electron chi connectivity index (χ3n) is 3.64. The number of hydrogen-bond acceptors (Lipinski definition) is 4. The maximum atomic E-state index is 5.52. The summed E-state index contributed by atoms with van der Waals surface area (Å²) in [6.45, 7) is 3.47. The van der Waals surface area contributed by atoms with Gasteiger partial charge in [0.25, 0.3) is 0 Å². The third-order valence-corrected chi connectivity index (χ3v) is 3.64. The number of benzene rings is 1. The van der Waals surface area contributed by atoms with E-state index in [9.17, 15) is 0 Å². The Morgan fingerprint density at radius 1 is 1.22 bits per heavy atom. The summed E-state index contributed by atoms with van der Waals surface area (Å²) in [7, 11) is 0. The van der Waals surface area contributed by atoms with Gasteiger partial charge in [-0.25, -0.2) is 0 Å². The lowest BCUT2D eigenvalue weighted by molar-refractivity contribution is 0.173. The van der Waals surface area contributed by atoms with Gasteiger partial charge in [-0.3, -0.25) is 0 Å². The highest BCUT2D eigenvalue weighted by Crippen LogP contribution is 2.35. The Balaban J connectivity index is 1.61. The molecule has 0 aromatic heterocycles. The van der Waals surface area contributed by atoms with E-state index >= 15 is 0 Å². The van der Waals surface area contributed by atoms with Gasteiger partial charge in [-0.05, 0) is 38.4 Å². The van der Waals surface area contributed by atoms with Crippen molar-refractivity contribution < 1.29 is 9.47 Å². The summed E-state index contributed by atoms with van der Waals surface area (Å²) in [4.78, 5) is 0. The second-order valence-corrected chi connectivity index (χ2v) is 4.91. The molecule has 0 radical (unpaired) electrons. The molecule has 4 heteroatoms. The summed E-state index contributed by atoms with van der Waals surface area (Å²) in [6.07, 6.45) is 3.70. The van der Waals surface area contributed by atoms with Crippen molar-refractivity contribution in [2.24, 2.45) is 0 Å². The molecule has 0 amide bonds. The molecule has 2 aliphatic rings. The number of rotatable bonds is 3. The summed E-state index contributed by atoms with van der Waals surface area (Å²) in [5.41, 5.74) is 1.20. The molecule has 3 rings (SSSR count). The first-order valence-electron chi connectivity index (χ1n) is 6.75. The van der Waals surface area contributed by atoms with Crippen molar-refractivity contribution in [1.29, 1.82) is 0 Å². The van der Waals surface area contributed by atoms with Crippen LogP contribution in [0.25, 0.3) is 0 Å². The van der Waals surface area contributed by atoms with E-state index in [1.54, 1.807) is 0 Å². The Morgan fingerprint density at radius 3 is 3.22 bits per heavy atom. The Labute approximate surface area is 108 Å². The second kappa shape index (κ2) is 5.59. The standard InChI is InChI=1S/C14H20N2O2/c1-3-11(14-13(5-1)17-10-18-14)9-16-12-4-2-7-15-8-6-12/h1,3,5,12,15-16H,2,4,6-10H2. The van der Waals surface area contributed by atoms with Crippen molar-refractivity contribution in [3.05, 3.63) is 23.8 Å². The van der Waals surface area contributed by atoms with Gasteiger partial charge < -0.3 is 20.1 Å². The van der Waals surface area contributed by atoms with E-state index < -0.39 is 0 Å². The first kappa shape index (κ1) is 11.8. The van der Waals surface area contributed by atoms with Crippen LogP contribution in [0, 0.1) is 0 Å². The van der Waals surface area contributed by atoms with Crippen LogP contribution in [0.3, 0.4) is 0 Å². The molecule has 4 nitrogen and oxygen atoms in total. The van der Waals surface area contributed by atoms with Gasteiger partial charge in [0.2, 0.25) is 6.79 Å². The minimum atomic E-state index is 0.347. The number of fused-ring (bicyclic) bond motifs is 1. The smallest absolute Gasteiger partial charge is 0.231 e. The van der Waals surface area contributed by atoms with Gasteiger partial charge in [0.05, 0.1) is 0 Å². The monoisotopic (exact) mass is 248 g/mol. The molecule has 2 aliphatic heterocycles. The molecule has 1 atom stereocenters. The lowest BCUT2D eigenvalue weighted by Gasteiger charge is -2.16. The number of hydrogen-bond donors (Lipinski definition) is 2. The minimum Gasteiger partial charge on any atom is -0.454 e. The largest absolute Gasteiger partial charge is 0.454 e. The summed E-state index contributed by atoms with van der Waals surface area (Å²) in [5, 5.41) is 7.06. The first-order chi connectivity index (χ1) is 8.93. The highest BCUT2D eigenvalue weighted by molar-refractivity contribution is 5.48. The molecule has 2 N–H and O–H groups in total. The van der Waals surface area contributed by atoms with Gasteiger partial charge in [0.15, 0.2) is 11.5 Å². The fraction of sp³-hybridized carbons (Fsp3) is 0.571. The zero-order valence-corrected chi connectivity index (χ0v) is 10.6. The van der Waals surface area contributed by atoms with Gasteiger partial charge in [-0.1, -0.05) is 12.1 Å². The molecule has 0 bridgehead atoms. The SMILES string of the molecule is c1cc(CNC2CCCNCC2)c2c(c1)OCO2. The average Bonchev–Trinajstić information content (AvgIpc) is 2.73. The maximum absolute atomic E-state index is 5.52. The van der Waals surface area contributed by atoms with E-state index in [0.29, 0.717) is 12.8 Å². The number of nitrogens with one attached hydrogen (secondary N) is 2. The van der Waals surface area contributed by atoms with Crippen molar-refractivity contribution in [3.8, 4) is 11.5 Å². The molecule has 0 aliphatic carbocycles. The van der Waals surface area contributed by atoms with Crippen LogP contribution in [0.15, 0.2) is 18.2 Å². The molecule has 98 valence electrons. The molecule has 0 saturated carbocycles. The van der Waals surface area contributed by atoms with Crippen molar-refractivity contribution in [3.63, 3.8) is 0 Å². The van der Waals surface area contributed by atoms with Crippen LogP contribution in [-0.2, 0) is 6.54 Å². The van der Waals surface area contributed by atoms with Gasteiger partial charge in [0.1, 0.15) is 0 Å². The Hall–Kier alpha value is -1.26. The predicted molar refractivity (Wildman–Crippen MR) is 69.9 cm³/mol. The van der Waals surface area contributed by atoms with Crippen LogP contribution in [0.5, 0.6) is 11.5 Å². The lowest BCUT2D eigenvalue weighted by atomic mass is 10.1. The van der Waals surface area contributed by atoms with E-state index in [1.807, 2.05) is 12.1 Å². The normalized spacial score (nSPS) is 22.8. The molecule has 0 spiro atoms. The number of para-hydroxylation sites is 1. The van der Waals surface area contributed by atoms with Gasteiger partial charge in [-0.2, -0.15) is 0 Å². The van der Waals surface area contributed by atoms with E-state index in [-0.39, 0.29) is 0 Å². The summed E-state index contributed by atoms with van der Waals surface area (Å²) < 4.78 is 10.9. The molecule has 18 heavy (non-hydrogen) atoms. The summed E-state index contributed by atoms with van der Waals surface area (Å²) >= 11 is 0. The van der Waals surface area contributed by atoms with Crippen molar-refractivity contribution in [2.75, 3.05) is 19.9 Å². The molecule has 1 unspecified atom stereocenters. The van der Waals surface area contributed by atoms with E-state index in [1.165, 1.54) is 24.8 Å². The van der Waals surface area contributed by atoms with Crippen LogP contribution < -0.4 is 20.1 Å². The predicted octanol–water partition coefficient (Wildman–Crippen LogP) is 1.65. The van der Waals surface area contributed by atoms with E-state index in [4.69, 9.17) is 9.47 Å². The molecule has 1 aromatic rings. The quantitative estimate of drug-likeness (QED) is 0.853. The van der Waals surface area contributed by atoms with Gasteiger partial charge in [-0.15, -0.1) is 0 Å². The molecular formula is C14H20N2O2. The van der Waals surface area contributed by atoms with Crippen LogP contribution in [-0.4, -0.2) is 25.9 Å². The van der Waals surface area contributed by atoms with Crippen molar-refractivity contribution >= 4 is 0 Å². The van der Waals surface area contributed by atoms with Crippen LogP contribution >= 0.6 is 0 Å². The highest BCUT2D eigenvalue weighted by Gasteiger charge is 2.18. The zero-order chi connectivity index (χ0) is 12.2. The van der Waals surface area contributed by atoms with E-state index in [2.05, 4.69) is 16.7 Å². The second-order valence-electron chi connectivity index (χ2n) is 4.91. The fourth-order valence-corrected chi connectivity index (χ4v) is 2.61. The van der Waals surface area contributed by atoms with Crippen molar-refractivity contribution in [1.82, 2.24) is 10.6 Å². The molecule has 1 aromatic carbocycles. The highest BCUT2D eigenvalue weighted by atomic mass is 16.7. The fourth-order valence-electron chi connectivity index (χ4n) is 2.61. The Bertz CT molecular complexity index is 401. The summed E-state index contributed by atoms with van der Waals surface area (Å²) in [6, 6.07) is 6.70. The third kappa shape index (κ3) is 2.60. The Morgan fingerprint density at radius 2 is 2.22 bits per heavy atom. The molecule has 1 saturated heterocycles. The van der Waals surface area contributed by atoms with E-state index in [0.717, 1.165) is 31.1 Å². The first-order valence-corrected chi connectivity index (χ1v) is 6.75.